The third-order valence-electron chi connectivity index (χ3n) is 3.98. The molecule has 22 heavy (non-hydrogen) atoms. The first-order valence-electron chi connectivity index (χ1n) is 7.48. The molecule has 2 aromatic carbocycles. The lowest BCUT2D eigenvalue weighted by Gasteiger charge is -2.30. The number of hydrogen-bond acceptors (Lipinski definition) is 3. The van der Waals surface area contributed by atoms with Gasteiger partial charge in [-0.25, -0.2) is 0 Å². The molecule has 1 aliphatic rings. The van der Waals surface area contributed by atoms with Crippen LogP contribution in [0.4, 0.5) is 11.4 Å². The zero-order valence-electron chi connectivity index (χ0n) is 12.8. The van der Waals surface area contributed by atoms with Crippen LogP contribution in [0.2, 0.25) is 0 Å². The fraction of sp³-hybridized carbons (Fsp3) is 0.278. The highest BCUT2D eigenvalue weighted by atomic mass is 16.5. The van der Waals surface area contributed by atoms with Crippen molar-refractivity contribution in [2.75, 3.05) is 17.7 Å². The zero-order valence-corrected chi connectivity index (χ0v) is 12.8. The number of fused-ring (bicyclic) bond motifs is 1. The summed E-state index contributed by atoms with van der Waals surface area (Å²) in [5.41, 5.74) is 2.86. The molecule has 2 atom stereocenters. The van der Waals surface area contributed by atoms with E-state index in [0.717, 1.165) is 29.1 Å². The SMILES string of the molecule is COc1cccc(NC(=O)C2CC(C)Nc3ccccc32)c1. The molecule has 0 aliphatic carbocycles. The standard InChI is InChI=1S/C18H20N2O2/c1-12-10-16(15-8-3-4-9-17(15)19-12)18(21)20-13-6-5-7-14(11-13)22-2/h3-9,11-12,16,19H,10H2,1-2H3,(H,20,21). The first-order chi connectivity index (χ1) is 10.7. The minimum atomic E-state index is -0.140. The lowest BCUT2D eigenvalue weighted by molar-refractivity contribution is -0.117. The molecule has 0 saturated carbocycles. The van der Waals surface area contributed by atoms with E-state index in [9.17, 15) is 4.79 Å². The van der Waals surface area contributed by atoms with Crippen LogP contribution in [0.1, 0.15) is 24.8 Å². The highest BCUT2D eigenvalue weighted by Crippen LogP contribution is 2.35. The van der Waals surface area contributed by atoms with Gasteiger partial charge in [0.2, 0.25) is 5.91 Å². The lowest BCUT2D eigenvalue weighted by Crippen LogP contribution is -2.32. The van der Waals surface area contributed by atoms with Crippen LogP contribution in [0.5, 0.6) is 5.75 Å². The molecule has 0 spiro atoms. The van der Waals surface area contributed by atoms with E-state index < -0.39 is 0 Å². The van der Waals surface area contributed by atoms with Crippen molar-refractivity contribution in [2.24, 2.45) is 0 Å². The molecular weight excluding hydrogens is 276 g/mol. The molecule has 2 unspecified atom stereocenters. The Balaban J connectivity index is 1.83. The second-order valence-electron chi connectivity index (χ2n) is 5.64. The Hall–Kier alpha value is -2.49. The van der Waals surface area contributed by atoms with Gasteiger partial charge in [0.25, 0.3) is 0 Å². The van der Waals surface area contributed by atoms with Crippen molar-refractivity contribution in [2.45, 2.75) is 25.3 Å². The Bertz CT molecular complexity index is 684. The molecule has 1 amide bonds. The van der Waals surface area contributed by atoms with Crippen LogP contribution in [0, 0.1) is 0 Å². The van der Waals surface area contributed by atoms with E-state index in [4.69, 9.17) is 4.74 Å². The van der Waals surface area contributed by atoms with E-state index >= 15 is 0 Å². The third kappa shape index (κ3) is 2.91. The quantitative estimate of drug-likeness (QED) is 0.909. The van der Waals surface area contributed by atoms with Gasteiger partial charge in [-0.2, -0.15) is 0 Å². The minimum absolute atomic E-state index is 0.0223. The van der Waals surface area contributed by atoms with Gasteiger partial charge in [-0.3, -0.25) is 4.79 Å². The van der Waals surface area contributed by atoms with Gasteiger partial charge in [0.15, 0.2) is 0 Å². The van der Waals surface area contributed by atoms with Crippen LogP contribution < -0.4 is 15.4 Å². The summed E-state index contributed by atoms with van der Waals surface area (Å²) >= 11 is 0. The molecule has 0 fully saturated rings. The smallest absolute Gasteiger partial charge is 0.232 e. The molecule has 0 saturated heterocycles. The largest absolute Gasteiger partial charge is 0.497 e. The molecule has 0 aromatic heterocycles. The van der Waals surface area contributed by atoms with Crippen LogP contribution in [-0.2, 0) is 4.79 Å². The van der Waals surface area contributed by atoms with Gasteiger partial charge >= 0.3 is 0 Å². The van der Waals surface area contributed by atoms with E-state index in [1.54, 1.807) is 7.11 Å². The maximum Gasteiger partial charge on any atom is 0.232 e. The van der Waals surface area contributed by atoms with Crippen LogP contribution >= 0.6 is 0 Å². The molecule has 1 heterocycles. The maximum absolute atomic E-state index is 12.7. The molecule has 2 N–H and O–H groups in total. The van der Waals surface area contributed by atoms with Gasteiger partial charge in [-0.1, -0.05) is 24.3 Å². The van der Waals surface area contributed by atoms with Crippen LogP contribution in [0.3, 0.4) is 0 Å². The van der Waals surface area contributed by atoms with Crippen molar-refractivity contribution in [3.8, 4) is 5.75 Å². The zero-order chi connectivity index (χ0) is 15.5. The summed E-state index contributed by atoms with van der Waals surface area (Å²) in [6, 6.07) is 15.7. The van der Waals surface area contributed by atoms with E-state index in [1.807, 2.05) is 48.5 Å². The molecule has 1 aliphatic heterocycles. The van der Waals surface area contributed by atoms with E-state index in [-0.39, 0.29) is 17.9 Å². The van der Waals surface area contributed by atoms with Gasteiger partial charge in [-0.05, 0) is 37.1 Å². The van der Waals surface area contributed by atoms with Crippen LogP contribution in [0.15, 0.2) is 48.5 Å². The summed E-state index contributed by atoms with van der Waals surface area (Å²) < 4.78 is 5.19. The molecule has 114 valence electrons. The van der Waals surface area contributed by atoms with Gasteiger partial charge in [-0.15, -0.1) is 0 Å². The maximum atomic E-state index is 12.7. The Morgan fingerprint density at radius 2 is 2.05 bits per heavy atom. The molecule has 4 heteroatoms. The summed E-state index contributed by atoms with van der Waals surface area (Å²) in [5, 5.41) is 6.43. The Labute approximate surface area is 130 Å². The second-order valence-corrected chi connectivity index (χ2v) is 5.64. The summed E-state index contributed by atoms with van der Waals surface area (Å²) in [7, 11) is 1.62. The summed E-state index contributed by atoms with van der Waals surface area (Å²) in [5.74, 6) is 0.615. The number of hydrogen-bond donors (Lipinski definition) is 2. The number of amides is 1. The predicted molar refractivity (Wildman–Crippen MR) is 88.5 cm³/mol. The number of para-hydroxylation sites is 1. The van der Waals surface area contributed by atoms with Crippen molar-refractivity contribution in [1.29, 1.82) is 0 Å². The van der Waals surface area contributed by atoms with E-state index in [0.29, 0.717) is 0 Å². The third-order valence-corrected chi connectivity index (χ3v) is 3.98. The van der Waals surface area contributed by atoms with Crippen molar-refractivity contribution in [3.05, 3.63) is 54.1 Å². The average Bonchev–Trinajstić information content (AvgIpc) is 2.54. The van der Waals surface area contributed by atoms with Gasteiger partial charge < -0.3 is 15.4 Å². The number of rotatable bonds is 3. The Morgan fingerprint density at radius 3 is 2.86 bits per heavy atom. The normalized spacial score (nSPS) is 19.7. The number of carbonyl (C=O) groups excluding carboxylic acids is 1. The van der Waals surface area contributed by atoms with E-state index in [1.165, 1.54) is 0 Å². The number of carbonyl (C=O) groups is 1. The topological polar surface area (TPSA) is 50.4 Å². The van der Waals surface area contributed by atoms with Crippen LogP contribution in [-0.4, -0.2) is 19.1 Å². The van der Waals surface area contributed by atoms with Gasteiger partial charge in [0, 0.05) is 23.5 Å². The Morgan fingerprint density at radius 1 is 1.23 bits per heavy atom. The molecule has 0 bridgehead atoms. The van der Waals surface area contributed by atoms with E-state index in [2.05, 4.69) is 17.6 Å². The number of ether oxygens (including phenoxy) is 1. The molecule has 3 rings (SSSR count). The highest BCUT2D eigenvalue weighted by Gasteiger charge is 2.29. The summed E-state index contributed by atoms with van der Waals surface area (Å²) in [6.45, 7) is 2.10. The number of nitrogens with one attached hydrogen (secondary N) is 2. The van der Waals surface area contributed by atoms with Crippen LogP contribution in [0.25, 0.3) is 0 Å². The second kappa shape index (κ2) is 6.10. The van der Waals surface area contributed by atoms with Crippen molar-refractivity contribution >= 4 is 17.3 Å². The summed E-state index contributed by atoms with van der Waals surface area (Å²) in [6.07, 6.45) is 0.785. The first-order valence-corrected chi connectivity index (χ1v) is 7.48. The Kier molecular flexibility index (Phi) is 4.00. The number of methoxy groups -OCH3 is 1. The molecule has 0 radical (unpaired) electrons. The summed E-state index contributed by atoms with van der Waals surface area (Å²) in [4.78, 5) is 12.7. The number of benzene rings is 2. The highest BCUT2D eigenvalue weighted by molar-refractivity contribution is 5.97. The van der Waals surface area contributed by atoms with Gasteiger partial charge in [0.05, 0.1) is 13.0 Å². The minimum Gasteiger partial charge on any atom is -0.497 e. The monoisotopic (exact) mass is 296 g/mol. The predicted octanol–water partition coefficient (Wildman–Crippen LogP) is 3.62. The molecule has 2 aromatic rings. The molecule has 4 nitrogen and oxygen atoms in total. The van der Waals surface area contributed by atoms with Gasteiger partial charge in [0.1, 0.15) is 5.75 Å². The van der Waals surface area contributed by atoms with Crippen molar-refractivity contribution in [3.63, 3.8) is 0 Å². The fourth-order valence-corrected chi connectivity index (χ4v) is 2.92. The number of anilines is 2. The fourth-order valence-electron chi connectivity index (χ4n) is 2.92. The van der Waals surface area contributed by atoms with Crippen molar-refractivity contribution in [1.82, 2.24) is 0 Å². The lowest BCUT2D eigenvalue weighted by atomic mass is 9.87. The first kappa shape index (κ1) is 14.4. The van der Waals surface area contributed by atoms with Crippen molar-refractivity contribution < 1.29 is 9.53 Å². The average molecular weight is 296 g/mol. The molecular formula is C18H20N2O2.